The van der Waals surface area contributed by atoms with Crippen LogP contribution < -0.4 is 9.47 Å². The highest BCUT2D eigenvalue weighted by Gasteiger charge is 2.65. The van der Waals surface area contributed by atoms with E-state index in [9.17, 15) is 5.26 Å². The number of hydrogen-bond acceptors (Lipinski definition) is 7. The Bertz CT molecular complexity index is 1350. The van der Waals surface area contributed by atoms with Gasteiger partial charge in [0.25, 0.3) is 8.53 Å². The van der Waals surface area contributed by atoms with Gasteiger partial charge in [-0.1, -0.05) is 54.6 Å². The van der Waals surface area contributed by atoms with E-state index < -0.39 is 14.1 Å². The van der Waals surface area contributed by atoms with Crippen molar-refractivity contribution in [3.63, 3.8) is 0 Å². The molecule has 0 spiro atoms. The van der Waals surface area contributed by atoms with Crippen molar-refractivity contribution < 1.29 is 23.3 Å². The number of benzene rings is 3. The Morgan fingerprint density at radius 3 is 1.89 bits per heavy atom. The zero-order valence-corrected chi connectivity index (χ0v) is 28.3. The molecule has 5 rings (SSSR count). The first-order chi connectivity index (χ1) is 21.8. The van der Waals surface area contributed by atoms with E-state index in [1.54, 1.807) is 14.2 Å². The monoisotopic (exact) mass is 630 g/mol. The first-order valence-electron chi connectivity index (χ1n) is 16.0. The van der Waals surface area contributed by atoms with Gasteiger partial charge in [0.05, 0.1) is 46.0 Å². The number of nitrogens with zero attached hydrogens (tertiary/aromatic N) is 2. The molecular formula is C37H47N2O5P. The molecule has 0 heterocycles. The van der Waals surface area contributed by atoms with Gasteiger partial charge >= 0.3 is 0 Å². The molecule has 0 aromatic heterocycles. The van der Waals surface area contributed by atoms with Gasteiger partial charge in [-0.3, -0.25) is 0 Å². The molecule has 0 N–H and O–H groups in total. The third-order valence-electron chi connectivity index (χ3n) is 9.31. The molecule has 7 nitrogen and oxygen atoms in total. The normalized spacial score (nSPS) is 21.5. The molecule has 0 bridgehead atoms. The summed E-state index contributed by atoms with van der Waals surface area (Å²) in [6, 6.07) is 29.6. The topological polar surface area (TPSA) is 73.2 Å². The van der Waals surface area contributed by atoms with Crippen LogP contribution in [0.5, 0.6) is 11.5 Å². The SMILES string of the molecule is COc1ccc(C(OC[C@@]23C[C@@H]2CC[C@@H]3OP(OCCC#N)N(C(C)C)C(C)C)(c2ccccc2)c2ccc(OC)cc2)cc1. The van der Waals surface area contributed by atoms with E-state index in [0.717, 1.165) is 47.5 Å². The van der Waals surface area contributed by atoms with Gasteiger partial charge in [0.15, 0.2) is 0 Å². The molecular weight excluding hydrogens is 583 g/mol. The Labute approximate surface area is 270 Å². The lowest BCUT2D eigenvalue weighted by Crippen LogP contribution is -2.39. The Hall–Kier alpha value is -2.98. The fraction of sp³-hybridized carbons (Fsp3) is 0.486. The number of hydrogen-bond donors (Lipinski definition) is 0. The quantitative estimate of drug-likeness (QED) is 0.0893. The molecule has 240 valence electrons. The minimum atomic E-state index is -1.34. The first-order valence-corrected chi connectivity index (χ1v) is 17.2. The summed E-state index contributed by atoms with van der Waals surface area (Å²) in [6.07, 6.45) is 3.51. The fourth-order valence-electron chi connectivity index (χ4n) is 6.97. The van der Waals surface area contributed by atoms with Gasteiger partial charge in [0.2, 0.25) is 0 Å². The van der Waals surface area contributed by atoms with E-state index in [1.165, 1.54) is 0 Å². The second-order valence-electron chi connectivity index (χ2n) is 12.6. The van der Waals surface area contributed by atoms with Crippen LogP contribution in [0.4, 0.5) is 0 Å². The number of fused-ring (bicyclic) bond motifs is 1. The molecule has 2 aliphatic rings. The summed E-state index contributed by atoms with van der Waals surface area (Å²) in [5, 5.41) is 9.19. The molecule has 2 saturated carbocycles. The maximum Gasteiger partial charge on any atom is 0.259 e. The smallest absolute Gasteiger partial charge is 0.259 e. The van der Waals surface area contributed by atoms with Crippen LogP contribution in [-0.2, 0) is 19.4 Å². The van der Waals surface area contributed by atoms with Crippen molar-refractivity contribution in [2.75, 3.05) is 27.4 Å². The molecule has 2 aliphatic carbocycles. The third kappa shape index (κ3) is 6.92. The fourth-order valence-corrected chi connectivity index (χ4v) is 8.81. The Kier molecular flexibility index (Phi) is 10.9. The molecule has 1 unspecified atom stereocenters. The summed E-state index contributed by atoms with van der Waals surface area (Å²) in [6.45, 7) is 9.62. The van der Waals surface area contributed by atoms with Crippen LogP contribution in [0.15, 0.2) is 78.9 Å². The lowest BCUT2D eigenvalue weighted by molar-refractivity contribution is -0.0417. The Balaban J connectivity index is 1.51. The maximum absolute atomic E-state index is 9.19. The van der Waals surface area contributed by atoms with E-state index >= 15 is 0 Å². The maximum atomic E-state index is 9.19. The van der Waals surface area contributed by atoms with Gasteiger partial charge in [-0.2, -0.15) is 5.26 Å². The van der Waals surface area contributed by atoms with Gasteiger partial charge in [0, 0.05) is 17.5 Å². The molecule has 3 aromatic rings. The highest BCUT2D eigenvalue weighted by atomic mass is 31.2. The second kappa shape index (κ2) is 14.6. The molecule has 0 saturated heterocycles. The Morgan fingerprint density at radius 1 is 0.844 bits per heavy atom. The highest BCUT2D eigenvalue weighted by molar-refractivity contribution is 7.44. The molecule has 2 fully saturated rings. The molecule has 4 atom stereocenters. The van der Waals surface area contributed by atoms with Crippen LogP contribution in [0, 0.1) is 22.7 Å². The van der Waals surface area contributed by atoms with Gasteiger partial charge in [-0.15, -0.1) is 0 Å². The summed E-state index contributed by atoms with van der Waals surface area (Å²) in [4.78, 5) is 0. The highest BCUT2D eigenvalue weighted by Crippen LogP contribution is 2.68. The van der Waals surface area contributed by atoms with E-state index in [1.807, 2.05) is 30.3 Å². The minimum Gasteiger partial charge on any atom is -0.497 e. The van der Waals surface area contributed by atoms with E-state index in [0.29, 0.717) is 25.6 Å². The van der Waals surface area contributed by atoms with Crippen LogP contribution >= 0.6 is 8.53 Å². The third-order valence-corrected chi connectivity index (χ3v) is 11.4. The minimum absolute atomic E-state index is 0.0101. The number of nitriles is 1. The lowest BCUT2D eigenvalue weighted by Gasteiger charge is -2.40. The van der Waals surface area contributed by atoms with Gasteiger partial charge in [0.1, 0.15) is 17.1 Å². The van der Waals surface area contributed by atoms with E-state index in [2.05, 4.69) is 87.0 Å². The number of rotatable bonds is 16. The van der Waals surface area contributed by atoms with Crippen molar-refractivity contribution in [2.24, 2.45) is 11.3 Å². The van der Waals surface area contributed by atoms with Crippen LogP contribution in [0.3, 0.4) is 0 Å². The first kappa shape index (κ1) is 33.4. The molecule has 0 radical (unpaired) electrons. The summed E-state index contributed by atoms with van der Waals surface area (Å²) in [5.41, 5.74) is 2.13. The lowest BCUT2D eigenvalue weighted by atomic mass is 9.79. The van der Waals surface area contributed by atoms with Crippen LogP contribution in [0.25, 0.3) is 0 Å². The van der Waals surface area contributed by atoms with E-state index in [-0.39, 0.29) is 23.6 Å². The van der Waals surface area contributed by atoms with Gasteiger partial charge in [-0.25, -0.2) is 4.67 Å². The zero-order chi connectivity index (χ0) is 32.0. The summed E-state index contributed by atoms with van der Waals surface area (Å²) in [5.74, 6) is 2.14. The van der Waals surface area contributed by atoms with E-state index in [4.69, 9.17) is 23.3 Å². The standard InChI is InChI=1S/C37H47N2O5P/c1-27(2)39(28(3)4)45(43-24-10-23-38)44-35-22-17-32-25-36(32,35)26-42-37(29-11-8-7-9-12-29,30-13-18-33(40-5)19-14-30)31-15-20-34(41-6)21-16-31/h7-9,11-16,18-21,27-28,32,35H,10,17,22,24-26H2,1-6H3/t32-,35-,36-,45?/m0/s1. The Morgan fingerprint density at radius 2 is 1.40 bits per heavy atom. The molecule has 3 aromatic carbocycles. The van der Waals surface area contributed by atoms with Crippen molar-refractivity contribution in [1.82, 2.24) is 4.67 Å². The van der Waals surface area contributed by atoms with Crippen molar-refractivity contribution >= 4 is 8.53 Å². The predicted molar refractivity (Wildman–Crippen MR) is 178 cm³/mol. The molecule has 8 heteroatoms. The summed E-state index contributed by atoms with van der Waals surface area (Å²) < 4.78 is 34.0. The summed E-state index contributed by atoms with van der Waals surface area (Å²) >= 11 is 0. The second-order valence-corrected chi connectivity index (χ2v) is 14.1. The largest absolute Gasteiger partial charge is 0.497 e. The average molecular weight is 631 g/mol. The van der Waals surface area contributed by atoms with Crippen LogP contribution in [0.1, 0.15) is 70.1 Å². The van der Waals surface area contributed by atoms with Gasteiger partial charge < -0.3 is 23.3 Å². The van der Waals surface area contributed by atoms with Crippen molar-refractivity contribution in [1.29, 1.82) is 5.26 Å². The zero-order valence-electron chi connectivity index (χ0n) is 27.4. The number of ether oxygens (including phenoxy) is 3. The van der Waals surface area contributed by atoms with Crippen LogP contribution in [0.2, 0.25) is 0 Å². The summed E-state index contributed by atoms with van der Waals surface area (Å²) in [7, 11) is 2.03. The van der Waals surface area contributed by atoms with Crippen LogP contribution in [-0.4, -0.2) is 50.3 Å². The van der Waals surface area contributed by atoms with Crippen molar-refractivity contribution in [2.45, 2.75) is 77.2 Å². The molecule has 45 heavy (non-hydrogen) atoms. The molecule has 0 amide bonds. The van der Waals surface area contributed by atoms with Crippen molar-refractivity contribution in [3.05, 3.63) is 95.6 Å². The average Bonchev–Trinajstić information content (AvgIpc) is 3.68. The van der Waals surface area contributed by atoms with Crippen molar-refractivity contribution in [3.8, 4) is 17.6 Å². The molecule has 0 aliphatic heterocycles. The van der Waals surface area contributed by atoms with Gasteiger partial charge in [-0.05, 0) is 93.8 Å². The predicted octanol–water partition coefficient (Wildman–Crippen LogP) is 8.47. The number of methoxy groups -OCH3 is 2.